The van der Waals surface area contributed by atoms with E-state index >= 15 is 0 Å². The lowest BCUT2D eigenvalue weighted by molar-refractivity contribution is -0.858. The van der Waals surface area contributed by atoms with Crippen LogP contribution in [0.15, 0.2) is 42.5 Å². The van der Waals surface area contributed by atoms with E-state index in [4.69, 9.17) is 0 Å². The largest absolute Gasteiger partial charge is 0.344 e. The summed E-state index contributed by atoms with van der Waals surface area (Å²) in [5, 5.41) is 0. The molecule has 0 saturated heterocycles. The van der Waals surface area contributed by atoms with Crippen LogP contribution >= 0.6 is 0 Å². The van der Waals surface area contributed by atoms with Crippen LogP contribution in [0.3, 0.4) is 0 Å². The van der Waals surface area contributed by atoms with Gasteiger partial charge in [-0.05, 0) is 62.7 Å². The molecule has 1 N–H and O–H groups in total. The predicted octanol–water partition coefficient (Wildman–Crippen LogP) is 5.21. The van der Waals surface area contributed by atoms with Crippen molar-refractivity contribution in [2.45, 2.75) is 82.7 Å². The highest BCUT2D eigenvalue weighted by Crippen LogP contribution is 2.42. The number of hydrogen-bond acceptors (Lipinski definition) is 3. The fourth-order valence-electron chi connectivity index (χ4n) is 6.21. The van der Waals surface area contributed by atoms with Gasteiger partial charge in [-0.2, -0.15) is 0 Å². The summed E-state index contributed by atoms with van der Waals surface area (Å²) in [7, 11) is 0. The minimum Gasteiger partial charge on any atom is -0.344 e. The van der Waals surface area contributed by atoms with Crippen molar-refractivity contribution in [2.24, 2.45) is 5.92 Å². The molecule has 158 valence electrons. The summed E-state index contributed by atoms with van der Waals surface area (Å²) in [6.07, 6.45) is 24.9. The lowest BCUT2D eigenvalue weighted by atomic mass is 9.87. The van der Waals surface area contributed by atoms with E-state index in [0.29, 0.717) is 22.5 Å². The van der Waals surface area contributed by atoms with Crippen LogP contribution in [0.25, 0.3) is 11.0 Å². The van der Waals surface area contributed by atoms with Crippen LogP contribution in [0.4, 0.5) is 0 Å². The number of aromatic amines is 1. The average molecular weight is 406 g/mol. The van der Waals surface area contributed by atoms with Gasteiger partial charge in [-0.1, -0.05) is 12.5 Å². The third kappa shape index (κ3) is 3.43. The standard InChI is InChI=1S/C25H33N4O/c30-18-29(21-8-4-5-9-21,20-6-2-1-3-7-20)22-12-10-19(11-13-22)16-24-25-23(14-15-26-24)27-17-28-25/h10,12-15,17-21H,1-9,11,16H2,(H,27,28)/q+1. The van der Waals surface area contributed by atoms with Gasteiger partial charge in [-0.15, -0.1) is 0 Å². The Morgan fingerprint density at radius 3 is 2.43 bits per heavy atom. The van der Waals surface area contributed by atoms with Crippen molar-refractivity contribution < 1.29 is 9.28 Å². The fourth-order valence-corrected chi connectivity index (χ4v) is 6.21. The van der Waals surface area contributed by atoms with Crippen LogP contribution in [0.5, 0.6) is 0 Å². The number of rotatable bonds is 6. The predicted molar refractivity (Wildman–Crippen MR) is 118 cm³/mol. The Balaban J connectivity index is 1.39. The molecule has 2 saturated carbocycles. The molecule has 30 heavy (non-hydrogen) atoms. The van der Waals surface area contributed by atoms with Crippen LogP contribution < -0.4 is 0 Å². The highest BCUT2D eigenvalue weighted by molar-refractivity contribution is 5.76. The van der Waals surface area contributed by atoms with E-state index in [-0.39, 0.29) is 0 Å². The van der Waals surface area contributed by atoms with Gasteiger partial charge in [-0.3, -0.25) is 4.98 Å². The highest BCUT2D eigenvalue weighted by Gasteiger charge is 2.48. The van der Waals surface area contributed by atoms with Crippen molar-refractivity contribution in [2.75, 3.05) is 0 Å². The summed E-state index contributed by atoms with van der Waals surface area (Å²) in [6.45, 7) is 0. The molecule has 0 aromatic carbocycles. The van der Waals surface area contributed by atoms with Gasteiger partial charge in [-0.25, -0.2) is 14.3 Å². The number of carbonyl (C=O) groups is 1. The molecule has 3 aliphatic rings. The van der Waals surface area contributed by atoms with Crippen molar-refractivity contribution in [1.82, 2.24) is 15.0 Å². The Kier molecular flexibility index (Phi) is 5.55. The number of nitrogens with one attached hydrogen (secondary N) is 1. The number of quaternary nitrogens is 1. The molecule has 5 heteroatoms. The number of aromatic nitrogens is 3. The lowest BCUT2D eigenvalue weighted by Gasteiger charge is -2.46. The summed E-state index contributed by atoms with van der Waals surface area (Å²) in [6, 6.07) is 2.91. The molecule has 0 bridgehead atoms. The molecule has 2 aromatic rings. The van der Waals surface area contributed by atoms with E-state index in [1.165, 1.54) is 69.9 Å². The number of imidazole rings is 1. The number of fused-ring (bicyclic) bond motifs is 1. The maximum atomic E-state index is 12.8. The zero-order chi connectivity index (χ0) is 20.4. The molecule has 0 aliphatic heterocycles. The minimum absolute atomic E-state index is 0.409. The molecule has 2 unspecified atom stereocenters. The van der Waals surface area contributed by atoms with E-state index in [2.05, 4.69) is 33.2 Å². The van der Waals surface area contributed by atoms with Crippen molar-refractivity contribution in [3.05, 3.63) is 48.2 Å². The molecule has 2 aromatic heterocycles. The van der Waals surface area contributed by atoms with Gasteiger partial charge in [0.05, 0.1) is 17.5 Å². The minimum atomic E-state index is 0.409. The first-order valence-electron chi connectivity index (χ1n) is 11.8. The van der Waals surface area contributed by atoms with E-state index in [1.54, 1.807) is 6.33 Å². The molecular weight excluding hydrogens is 372 g/mol. The molecule has 0 spiro atoms. The fraction of sp³-hybridized carbons (Fsp3) is 0.560. The Bertz CT molecular complexity index is 949. The first-order chi connectivity index (χ1) is 14.8. The molecule has 0 radical (unpaired) electrons. The SMILES string of the molecule is O=C[N+](C1=CCC(Cc2nccc3[nH]cnc23)C=C1)(C1CCCCC1)C1CCCC1. The van der Waals surface area contributed by atoms with Crippen LogP contribution in [0, 0.1) is 5.92 Å². The lowest BCUT2D eigenvalue weighted by Crippen LogP contribution is -2.59. The van der Waals surface area contributed by atoms with Gasteiger partial charge in [0.2, 0.25) is 0 Å². The summed E-state index contributed by atoms with van der Waals surface area (Å²) in [5.41, 5.74) is 4.34. The van der Waals surface area contributed by atoms with Gasteiger partial charge < -0.3 is 4.98 Å². The normalized spacial score (nSPS) is 25.3. The zero-order valence-corrected chi connectivity index (χ0v) is 17.8. The van der Waals surface area contributed by atoms with Gasteiger partial charge in [0, 0.05) is 31.9 Å². The first-order valence-corrected chi connectivity index (χ1v) is 11.8. The average Bonchev–Trinajstić information content (AvgIpc) is 3.50. The molecule has 1 amide bonds. The second-order valence-corrected chi connectivity index (χ2v) is 9.41. The Hall–Kier alpha value is -2.27. The van der Waals surface area contributed by atoms with Crippen molar-refractivity contribution >= 4 is 17.4 Å². The number of allylic oxidation sites excluding steroid dienone is 3. The van der Waals surface area contributed by atoms with E-state index in [1.807, 2.05) is 12.3 Å². The zero-order valence-electron chi connectivity index (χ0n) is 17.8. The maximum absolute atomic E-state index is 12.8. The summed E-state index contributed by atoms with van der Waals surface area (Å²) < 4.78 is 0.594. The number of pyridine rings is 1. The topological polar surface area (TPSA) is 58.6 Å². The second kappa shape index (κ2) is 8.46. The summed E-state index contributed by atoms with van der Waals surface area (Å²) >= 11 is 0. The third-order valence-electron chi connectivity index (χ3n) is 7.77. The molecule has 5 nitrogen and oxygen atoms in total. The van der Waals surface area contributed by atoms with Crippen molar-refractivity contribution in [3.8, 4) is 0 Å². The molecule has 2 fully saturated rings. The first kappa shape index (κ1) is 19.7. The summed E-state index contributed by atoms with van der Waals surface area (Å²) in [4.78, 5) is 25.0. The van der Waals surface area contributed by atoms with Crippen LogP contribution in [-0.2, 0) is 11.2 Å². The summed E-state index contributed by atoms with van der Waals surface area (Å²) in [5.74, 6) is 0.409. The van der Waals surface area contributed by atoms with Crippen LogP contribution in [-0.4, -0.2) is 37.9 Å². The highest BCUT2D eigenvalue weighted by atomic mass is 16.1. The van der Waals surface area contributed by atoms with Gasteiger partial charge in [0.1, 0.15) is 23.3 Å². The Morgan fingerprint density at radius 2 is 1.77 bits per heavy atom. The monoisotopic (exact) mass is 405 g/mol. The van der Waals surface area contributed by atoms with Crippen LogP contribution in [0.2, 0.25) is 0 Å². The van der Waals surface area contributed by atoms with Crippen molar-refractivity contribution in [1.29, 1.82) is 0 Å². The molecule has 3 aliphatic carbocycles. The van der Waals surface area contributed by atoms with E-state index in [0.717, 1.165) is 29.6 Å². The molecule has 2 heterocycles. The Morgan fingerprint density at radius 1 is 1.03 bits per heavy atom. The van der Waals surface area contributed by atoms with E-state index in [9.17, 15) is 4.79 Å². The maximum Gasteiger partial charge on any atom is 0.307 e. The molecule has 5 rings (SSSR count). The smallest absolute Gasteiger partial charge is 0.307 e. The Labute approximate surface area is 178 Å². The van der Waals surface area contributed by atoms with Gasteiger partial charge in [0.25, 0.3) is 0 Å². The van der Waals surface area contributed by atoms with Gasteiger partial charge >= 0.3 is 6.41 Å². The molecule has 2 atom stereocenters. The number of H-pyrrole nitrogens is 1. The third-order valence-corrected chi connectivity index (χ3v) is 7.77. The number of amides is 1. The quantitative estimate of drug-likeness (QED) is 0.530. The number of carbonyl (C=O) groups excluding carboxylic acids is 1. The number of nitrogens with zero attached hydrogens (tertiary/aromatic N) is 3. The number of hydrogen-bond donors (Lipinski definition) is 1. The van der Waals surface area contributed by atoms with Crippen LogP contribution in [0.1, 0.15) is 69.9 Å². The van der Waals surface area contributed by atoms with E-state index < -0.39 is 0 Å². The van der Waals surface area contributed by atoms with Gasteiger partial charge in [0.15, 0.2) is 0 Å². The second-order valence-electron chi connectivity index (χ2n) is 9.41. The van der Waals surface area contributed by atoms with Crippen molar-refractivity contribution in [3.63, 3.8) is 0 Å². The molecular formula is C25H33N4O+.